The Balaban J connectivity index is 0.00000220. The molecule has 0 saturated carbocycles. The highest BCUT2D eigenvalue weighted by atomic mass is 35.5. The Morgan fingerprint density at radius 2 is 2.00 bits per heavy atom. The summed E-state index contributed by atoms with van der Waals surface area (Å²) in [4.78, 5) is 13.8. The molecule has 0 aliphatic heterocycles. The van der Waals surface area contributed by atoms with E-state index in [0.29, 0.717) is 17.9 Å². The van der Waals surface area contributed by atoms with Gasteiger partial charge >= 0.3 is 0 Å². The highest BCUT2D eigenvalue weighted by Gasteiger charge is 2.14. The summed E-state index contributed by atoms with van der Waals surface area (Å²) in [6, 6.07) is 9.29. The standard InChI is InChI=1S/C15H18N2O3.ClH/c1-17(9-11-3-5-13(19-2)6-4-11)15(18)12-7-14(8-16)20-10-12;/h3-7,10H,8-9,16H2,1-2H3;1H. The summed E-state index contributed by atoms with van der Waals surface area (Å²) in [5, 5.41) is 0. The third kappa shape index (κ3) is 4.24. The lowest BCUT2D eigenvalue weighted by Crippen LogP contribution is -2.25. The van der Waals surface area contributed by atoms with Gasteiger partial charge in [0.05, 0.1) is 19.2 Å². The van der Waals surface area contributed by atoms with E-state index in [9.17, 15) is 4.79 Å². The number of hydrogen-bond donors (Lipinski definition) is 1. The van der Waals surface area contributed by atoms with Crippen LogP contribution in [0.4, 0.5) is 0 Å². The van der Waals surface area contributed by atoms with Crippen molar-refractivity contribution in [2.45, 2.75) is 13.1 Å². The van der Waals surface area contributed by atoms with Gasteiger partial charge in [0, 0.05) is 13.6 Å². The van der Waals surface area contributed by atoms with Crippen molar-refractivity contribution in [1.82, 2.24) is 4.90 Å². The van der Waals surface area contributed by atoms with E-state index in [2.05, 4.69) is 0 Å². The molecule has 2 N–H and O–H groups in total. The van der Waals surface area contributed by atoms with Crippen molar-refractivity contribution >= 4 is 18.3 Å². The van der Waals surface area contributed by atoms with Gasteiger partial charge in [0.15, 0.2) is 0 Å². The molecule has 5 nitrogen and oxygen atoms in total. The molecular weight excluding hydrogens is 292 g/mol. The number of amides is 1. The average Bonchev–Trinajstić information content (AvgIpc) is 2.96. The van der Waals surface area contributed by atoms with E-state index in [4.69, 9.17) is 14.9 Å². The van der Waals surface area contributed by atoms with E-state index in [-0.39, 0.29) is 24.9 Å². The maximum absolute atomic E-state index is 12.2. The van der Waals surface area contributed by atoms with Crippen LogP contribution in [0.3, 0.4) is 0 Å². The quantitative estimate of drug-likeness (QED) is 0.921. The van der Waals surface area contributed by atoms with Crippen LogP contribution in [-0.2, 0) is 13.1 Å². The number of benzene rings is 1. The maximum Gasteiger partial charge on any atom is 0.257 e. The van der Waals surface area contributed by atoms with Crippen LogP contribution in [0.15, 0.2) is 41.0 Å². The van der Waals surface area contributed by atoms with E-state index in [0.717, 1.165) is 11.3 Å². The zero-order chi connectivity index (χ0) is 14.5. The van der Waals surface area contributed by atoms with E-state index in [1.165, 1.54) is 6.26 Å². The zero-order valence-corrected chi connectivity index (χ0v) is 12.9. The number of ether oxygens (including phenoxy) is 1. The van der Waals surface area contributed by atoms with Crippen molar-refractivity contribution in [2.24, 2.45) is 5.73 Å². The minimum absolute atomic E-state index is 0. The lowest BCUT2D eigenvalue weighted by Gasteiger charge is -2.16. The second-order valence-electron chi connectivity index (χ2n) is 4.52. The third-order valence-corrected chi connectivity index (χ3v) is 3.03. The topological polar surface area (TPSA) is 68.7 Å². The second-order valence-corrected chi connectivity index (χ2v) is 4.52. The Morgan fingerprint density at radius 1 is 1.33 bits per heavy atom. The van der Waals surface area contributed by atoms with Crippen LogP contribution in [-0.4, -0.2) is 25.0 Å². The lowest BCUT2D eigenvalue weighted by molar-refractivity contribution is 0.0784. The highest BCUT2D eigenvalue weighted by Crippen LogP contribution is 2.15. The van der Waals surface area contributed by atoms with Crippen molar-refractivity contribution < 1.29 is 13.9 Å². The number of rotatable bonds is 5. The Morgan fingerprint density at radius 3 is 2.52 bits per heavy atom. The Kier molecular flexibility index (Phi) is 6.27. The molecule has 0 aliphatic carbocycles. The van der Waals surface area contributed by atoms with Gasteiger partial charge in [-0.1, -0.05) is 12.1 Å². The highest BCUT2D eigenvalue weighted by molar-refractivity contribution is 5.93. The number of halogens is 1. The van der Waals surface area contributed by atoms with E-state index >= 15 is 0 Å². The van der Waals surface area contributed by atoms with Crippen molar-refractivity contribution in [1.29, 1.82) is 0 Å². The van der Waals surface area contributed by atoms with Crippen LogP contribution < -0.4 is 10.5 Å². The fourth-order valence-electron chi connectivity index (χ4n) is 1.90. The van der Waals surface area contributed by atoms with Crippen LogP contribution in [0, 0.1) is 0 Å². The summed E-state index contributed by atoms with van der Waals surface area (Å²) in [6.45, 7) is 0.807. The fourth-order valence-corrected chi connectivity index (χ4v) is 1.90. The number of carbonyl (C=O) groups excluding carboxylic acids is 1. The number of nitrogens with zero attached hydrogens (tertiary/aromatic N) is 1. The minimum Gasteiger partial charge on any atom is -0.497 e. The van der Waals surface area contributed by atoms with Gasteiger partial charge in [-0.3, -0.25) is 4.79 Å². The molecule has 0 aliphatic rings. The van der Waals surface area contributed by atoms with Crippen molar-refractivity contribution in [3.63, 3.8) is 0 Å². The van der Waals surface area contributed by atoms with Gasteiger partial charge in [0.2, 0.25) is 0 Å². The first-order valence-corrected chi connectivity index (χ1v) is 6.30. The van der Waals surface area contributed by atoms with Gasteiger partial charge in [-0.15, -0.1) is 12.4 Å². The molecule has 0 saturated heterocycles. The smallest absolute Gasteiger partial charge is 0.257 e. The summed E-state index contributed by atoms with van der Waals surface area (Å²) in [5.41, 5.74) is 7.01. The molecule has 0 unspecified atom stereocenters. The predicted molar refractivity (Wildman–Crippen MR) is 82.6 cm³/mol. The van der Waals surface area contributed by atoms with Gasteiger partial charge in [-0.05, 0) is 23.8 Å². The number of furan rings is 1. The molecule has 0 radical (unpaired) electrons. The van der Waals surface area contributed by atoms with Crippen molar-refractivity contribution in [3.05, 3.63) is 53.5 Å². The summed E-state index contributed by atoms with van der Waals surface area (Å²) in [7, 11) is 3.38. The lowest BCUT2D eigenvalue weighted by atomic mass is 10.2. The molecule has 0 atom stereocenters. The minimum atomic E-state index is -0.0933. The molecule has 1 aromatic heterocycles. The molecule has 2 rings (SSSR count). The maximum atomic E-state index is 12.2. The third-order valence-electron chi connectivity index (χ3n) is 3.03. The van der Waals surface area contributed by atoms with Gasteiger partial charge in [0.25, 0.3) is 5.91 Å². The number of methoxy groups -OCH3 is 1. The molecule has 2 aromatic rings. The Bertz CT molecular complexity index is 581. The number of hydrogen-bond acceptors (Lipinski definition) is 4. The first-order chi connectivity index (χ1) is 9.63. The molecule has 0 fully saturated rings. The molecule has 0 spiro atoms. The van der Waals surface area contributed by atoms with Crippen LogP contribution in [0.25, 0.3) is 0 Å². The first-order valence-electron chi connectivity index (χ1n) is 6.30. The largest absolute Gasteiger partial charge is 0.497 e. The monoisotopic (exact) mass is 310 g/mol. The second kappa shape index (κ2) is 7.71. The Labute approximate surface area is 130 Å². The average molecular weight is 311 g/mol. The van der Waals surface area contributed by atoms with Crippen LogP contribution in [0.2, 0.25) is 0 Å². The normalized spacial score (nSPS) is 9.86. The molecule has 21 heavy (non-hydrogen) atoms. The summed E-state index contributed by atoms with van der Waals surface area (Å²) >= 11 is 0. The van der Waals surface area contributed by atoms with Crippen LogP contribution in [0.5, 0.6) is 5.75 Å². The summed E-state index contributed by atoms with van der Waals surface area (Å²) < 4.78 is 10.3. The summed E-state index contributed by atoms with van der Waals surface area (Å²) in [5.74, 6) is 1.31. The van der Waals surface area contributed by atoms with E-state index in [1.807, 2.05) is 24.3 Å². The number of carbonyl (C=O) groups is 1. The van der Waals surface area contributed by atoms with E-state index in [1.54, 1.807) is 25.1 Å². The molecule has 1 amide bonds. The van der Waals surface area contributed by atoms with Gasteiger partial charge in [0.1, 0.15) is 17.8 Å². The van der Waals surface area contributed by atoms with Gasteiger partial charge < -0.3 is 19.8 Å². The predicted octanol–water partition coefficient (Wildman–Crippen LogP) is 2.44. The fraction of sp³-hybridized carbons (Fsp3) is 0.267. The molecule has 1 aromatic carbocycles. The van der Waals surface area contributed by atoms with E-state index < -0.39 is 0 Å². The van der Waals surface area contributed by atoms with Crippen LogP contribution >= 0.6 is 12.4 Å². The van der Waals surface area contributed by atoms with Crippen molar-refractivity contribution in [2.75, 3.05) is 14.2 Å². The summed E-state index contributed by atoms with van der Waals surface area (Å²) in [6.07, 6.45) is 1.44. The molecular formula is C15H19ClN2O3. The van der Waals surface area contributed by atoms with Gasteiger partial charge in [-0.25, -0.2) is 0 Å². The number of nitrogens with two attached hydrogens (primary N) is 1. The molecule has 0 bridgehead atoms. The van der Waals surface area contributed by atoms with Crippen LogP contribution in [0.1, 0.15) is 21.7 Å². The molecule has 6 heteroatoms. The SMILES string of the molecule is COc1ccc(CN(C)C(=O)c2coc(CN)c2)cc1.Cl. The molecule has 1 heterocycles. The van der Waals surface area contributed by atoms with Crippen molar-refractivity contribution in [3.8, 4) is 5.75 Å². The first kappa shape index (κ1) is 17.1. The molecule has 114 valence electrons. The zero-order valence-electron chi connectivity index (χ0n) is 12.0. The van der Waals surface area contributed by atoms with Gasteiger partial charge in [-0.2, -0.15) is 0 Å². The Hall–Kier alpha value is -1.98.